The number of Topliss-reactive ketones (excluding diaryl/α,β-unsaturated/α-hetero) is 1. The molecule has 0 saturated carbocycles. The van der Waals surface area contributed by atoms with Gasteiger partial charge >= 0.3 is 6.09 Å². The molecule has 9 nitrogen and oxygen atoms in total. The van der Waals surface area contributed by atoms with Crippen molar-refractivity contribution >= 4 is 56.2 Å². The second kappa shape index (κ2) is 13.0. The number of likely N-dealkylation sites (tertiary alicyclic amines) is 1. The summed E-state index contributed by atoms with van der Waals surface area (Å²) in [6, 6.07) is 1.89. The van der Waals surface area contributed by atoms with Crippen molar-refractivity contribution in [1.82, 2.24) is 20.0 Å². The SMILES string of the molecule is CC(C)(C)OC(=O)N1CCC[C@@H](CC(=O)NCC(=O)CCc2c(Cl)cc3c(cnn3C3CCCCO3)c2Br)C1. The van der Waals surface area contributed by atoms with E-state index in [-0.39, 0.29) is 49.3 Å². The molecule has 2 aliphatic rings. The van der Waals surface area contributed by atoms with Crippen molar-refractivity contribution in [2.75, 3.05) is 26.2 Å². The van der Waals surface area contributed by atoms with E-state index in [4.69, 9.17) is 21.1 Å². The van der Waals surface area contributed by atoms with Gasteiger partial charge in [0.25, 0.3) is 0 Å². The summed E-state index contributed by atoms with van der Waals surface area (Å²) in [5, 5.41) is 8.79. The number of carbonyl (C=O) groups is 3. The van der Waals surface area contributed by atoms with Gasteiger partial charge in [-0.15, -0.1) is 0 Å². The predicted molar refractivity (Wildman–Crippen MR) is 153 cm³/mol. The van der Waals surface area contributed by atoms with Crippen molar-refractivity contribution in [1.29, 1.82) is 0 Å². The first-order valence-corrected chi connectivity index (χ1v) is 14.9. The monoisotopic (exact) mass is 624 g/mol. The number of nitrogens with zero attached hydrogens (tertiary/aromatic N) is 3. The van der Waals surface area contributed by atoms with Gasteiger partial charge < -0.3 is 19.7 Å². The first-order chi connectivity index (χ1) is 18.5. The van der Waals surface area contributed by atoms with E-state index in [9.17, 15) is 14.4 Å². The van der Waals surface area contributed by atoms with Gasteiger partial charge in [0.15, 0.2) is 12.0 Å². The minimum atomic E-state index is -0.556. The fraction of sp³-hybridized carbons (Fsp3) is 0.643. The number of carbonyl (C=O) groups excluding carboxylic acids is 3. The highest BCUT2D eigenvalue weighted by molar-refractivity contribution is 9.10. The van der Waals surface area contributed by atoms with Crippen molar-refractivity contribution in [3.8, 4) is 0 Å². The number of ketones is 1. The second-order valence-electron chi connectivity index (χ2n) is 11.4. The van der Waals surface area contributed by atoms with Crippen LogP contribution in [0.2, 0.25) is 5.02 Å². The highest BCUT2D eigenvalue weighted by atomic mass is 79.9. The highest BCUT2D eigenvalue weighted by Crippen LogP contribution is 2.36. The summed E-state index contributed by atoms with van der Waals surface area (Å²) in [6.45, 7) is 7.31. The van der Waals surface area contributed by atoms with Crippen LogP contribution in [-0.4, -0.2) is 64.3 Å². The quantitative estimate of drug-likeness (QED) is 0.398. The predicted octanol–water partition coefficient (Wildman–Crippen LogP) is 5.81. The number of fused-ring (bicyclic) bond motifs is 1. The van der Waals surface area contributed by atoms with E-state index in [1.807, 2.05) is 31.5 Å². The van der Waals surface area contributed by atoms with Gasteiger partial charge in [0.05, 0.1) is 18.3 Å². The average Bonchev–Trinajstić information content (AvgIpc) is 3.31. The Kier molecular flexibility index (Phi) is 9.93. The fourth-order valence-corrected chi connectivity index (χ4v) is 6.27. The highest BCUT2D eigenvalue weighted by Gasteiger charge is 2.29. The maximum Gasteiger partial charge on any atom is 0.410 e. The molecule has 1 N–H and O–H groups in total. The molecule has 11 heteroatoms. The van der Waals surface area contributed by atoms with Crippen LogP contribution in [0.25, 0.3) is 10.9 Å². The van der Waals surface area contributed by atoms with E-state index in [2.05, 4.69) is 26.3 Å². The molecular weight excluding hydrogens is 588 g/mol. The Bertz CT molecular complexity index is 1200. The van der Waals surface area contributed by atoms with Crippen molar-refractivity contribution in [3.05, 3.63) is 27.3 Å². The van der Waals surface area contributed by atoms with Crippen LogP contribution in [-0.2, 0) is 25.5 Å². The fourth-order valence-electron chi connectivity index (χ4n) is 5.14. The van der Waals surface area contributed by atoms with Crippen LogP contribution in [0, 0.1) is 5.92 Å². The van der Waals surface area contributed by atoms with E-state index in [0.717, 1.165) is 59.7 Å². The first-order valence-electron chi connectivity index (χ1n) is 13.7. The van der Waals surface area contributed by atoms with Crippen LogP contribution in [0.15, 0.2) is 16.7 Å². The van der Waals surface area contributed by atoms with E-state index in [1.54, 1.807) is 11.1 Å². The maximum absolute atomic E-state index is 12.6. The van der Waals surface area contributed by atoms with Gasteiger partial charge in [0.1, 0.15) is 5.60 Å². The third-order valence-electron chi connectivity index (χ3n) is 7.10. The van der Waals surface area contributed by atoms with Gasteiger partial charge in [-0.05, 0) is 92.8 Å². The van der Waals surface area contributed by atoms with Crippen LogP contribution in [0.5, 0.6) is 0 Å². The largest absolute Gasteiger partial charge is 0.444 e. The molecule has 2 amide bonds. The van der Waals surface area contributed by atoms with Crippen LogP contribution in [0.4, 0.5) is 4.79 Å². The Morgan fingerprint density at radius 3 is 2.74 bits per heavy atom. The molecule has 2 fully saturated rings. The molecule has 214 valence electrons. The molecule has 0 spiro atoms. The number of benzene rings is 1. The van der Waals surface area contributed by atoms with E-state index in [1.165, 1.54) is 0 Å². The number of hydrogen-bond donors (Lipinski definition) is 1. The van der Waals surface area contributed by atoms with Crippen molar-refractivity contribution < 1.29 is 23.9 Å². The molecule has 1 aromatic carbocycles. The van der Waals surface area contributed by atoms with Crippen LogP contribution in [0.1, 0.15) is 77.5 Å². The molecule has 3 heterocycles. The van der Waals surface area contributed by atoms with Gasteiger partial charge in [0, 0.05) is 47.4 Å². The lowest BCUT2D eigenvalue weighted by atomic mass is 9.94. The van der Waals surface area contributed by atoms with Crippen LogP contribution < -0.4 is 5.32 Å². The number of nitrogens with one attached hydrogen (secondary N) is 1. The minimum Gasteiger partial charge on any atom is -0.444 e. The smallest absolute Gasteiger partial charge is 0.410 e. The number of amides is 2. The summed E-state index contributed by atoms with van der Waals surface area (Å²) in [6.07, 6.45) is 7.09. The molecule has 1 aromatic heterocycles. The molecule has 2 saturated heterocycles. The van der Waals surface area contributed by atoms with Crippen LogP contribution >= 0.6 is 27.5 Å². The molecule has 1 unspecified atom stereocenters. The van der Waals surface area contributed by atoms with Crippen molar-refractivity contribution in [3.63, 3.8) is 0 Å². The molecule has 2 atom stereocenters. The van der Waals surface area contributed by atoms with Gasteiger partial charge in [-0.2, -0.15) is 5.10 Å². The Labute approximate surface area is 243 Å². The second-order valence-corrected chi connectivity index (χ2v) is 12.6. The summed E-state index contributed by atoms with van der Waals surface area (Å²) in [7, 11) is 0. The molecule has 0 bridgehead atoms. The van der Waals surface area contributed by atoms with Gasteiger partial charge in [-0.1, -0.05) is 11.6 Å². The summed E-state index contributed by atoms with van der Waals surface area (Å²) in [5.74, 6) is -0.211. The summed E-state index contributed by atoms with van der Waals surface area (Å²) < 4.78 is 14.1. The standard InChI is InChI=1S/C28H38BrClN4O5/c1-28(2,3)39-27(37)33-11-6-7-18(17-33)13-24(36)31-15-19(35)9-10-20-22(30)14-23-21(26(20)29)16-32-34(23)25-8-4-5-12-38-25/h14,16,18,25H,4-13,15,17H2,1-3H3,(H,31,36)/t18-,25?/m0/s1. The summed E-state index contributed by atoms with van der Waals surface area (Å²) in [4.78, 5) is 39.2. The van der Waals surface area contributed by atoms with E-state index >= 15 is 0 Å². The van der Waals surface area contributed by atoms with Crippen molar-refractivity contribution in [2.24, 2.45) is 5.92 Å². The zero-order valence-corrected chi connectivity index (χ0v) is 25.3. The third kappa shape index (κ3) is 7.95. The number of aromatic nitrogens is 2. The normalized spacial score (nSPS) is 20.2. The Morgan fingerprint density at radius 1 is 1.23 bits per heavy atom. The number of rotatable bonds is 8. The molecule has 39 heavy (non-hydrogen) atoms. The molecular formula is C28H38BrClN4O5. The maximum atomic E-state index is 12.6. The number of hydrogen-bond acceptors (Lipinski definition) is 6. The Hall–Kier alpha value is -2.17. The number of halogens is 2. The van der Waals surface area contributed by atoms with Crippen molar-refractivity contribution in [2.45, 2.75) is 84.0 Å². The minimum absolute atomic E-state index is 0.0320. The van der Waals surface area contributed by atoms with Gasteiger partial charge in [-0.25, -0.2) is 9.48 Å². The Balaban J connectivity index is 1.26. The molecule has 2 aromatic rings. The molecule has 4 rings (SSSR count). The lowest BCUT2D eigenvalue weighted by molar-refractivity contribution is -0.126. The molecule has 2 aliphatic heterocycles. The third-order valence-corrected chi connectivity index (χ3v) is 8.34. The number of ether oxygens (including phenoxy) is 2. The van der Waals surface area contributed by atoms with E-state index < -0.39 is 5.60 Å². The van der Waals surface area contributed by atoms with Crippen LogP contribution in [0.3, 0.4) is 0 Å². The summed E-state index contributed by atoms with van der Waals surface area (Å²) >= 11 is 10.3. The zero-order valence-electron chi connectivity index (χ0n) is 22.9. The first kappa shape index (κ1) is 29.8. The topological polar surface area (TPSA) is 103 Å². The molecule has 0 radical (unpaired) electrons. The van der Waals surface area contributed by atoms with E-state index in [0.29, 0.717) is 24.5 Å². The van der Waals surface area contributed by atoms with Gasteiger partial charge in [0.2, 0.25) is 5.91 Å². The summed E-state index contributed by atoms with van der Waals surface area (Å²) in [5.41, 5.74) is 1.19. The Morgan fingerprint density at radius 2 is 2.03 bits per heavy atom. The van der Waals surface area contributed by atoms with Gasteiger partial charge in [-0.3, -0.25) is 9.59 Å². The molecule has 0 aliphatic carbocycles. The zero-order chi connectivity index (χ0) is 28.2. The lowest BCUT2D eigenvalue weighted by Gasteiger charge is -2.33. The number of piperidine rings is 1. The average molecular weight is 626 g/mol. The lowest BCUT2D eigenvalue weighted by Crippen LogP contribution is -2.44.